The number of nitrogens with one attached hydrogen (secondary N) is 2. The van der Waals surface area contributed by atoms with Crippen molar-refractivity contribution < 1.29 is 10.2 Å². The molecule has 2 aromatic carbocycles. The highest BCUT2D eigenvalue weighted by Gasteiger charge is 2.11. The maximum absolute atomic E-state index is 10.2. The van der Waals surface area contributed by atoms with E-state index in [9.17, 15) is 10.2 Å². The fourth-order valence-corrected chi connectivity index (χ4v) is 4.31. The minimum atomic E-state index is 0.221. The van der Waals surface area contributed by atoms with Crippen molar-refractivity contribution in [2.75, 3.05) is 23.7 Å². The molecule has 198 valence electrons. The molecule has 0 aliphatic rings. The van der Waals surface area contributed by atoms with Gasteiger partial charge in [-0.15, -0.1) is 0 Å². The highest BCUT2D eigenvalue weighted by molar-refractivity contribution is 5.70. The van der Waals surface area contributed by atoms with Gasteiger partial charge in [0.05, 0.1) is 11.4 Å². The molecule has 0 unspecified atom stereocenters. The number of hydrogen-bond donors (Lipinski definition) is 4. The standard InChI is InChI=1S/C30H36N6O2/c1-21-19-33-29(35-27(21)23-13-7-9-15-25(23)37)31-17-11-5-3-4-6-12-18-32-30-34-20-22(2)28(36-30)24-14-8-10-16-26(24)38/h7-10,13-16,19-20,37-38H,3-6,11-12,17-18H2,1-2H3,(H,31,33,35)(H,32,34,36). The number of rotatable bonds is 13. The maximum atomic E-state index is 10.2. The average molecular weight is 513 g/mol. The van der Waals surface area contributed by atoms with Crippen LogP contribution in [0.25, 0.3) is 22.5 Å². The van der Waals surface area contributed by atoms with Crippen LogP contribution in [0.5, 0.6) is 11.5 Å². The van der Waals surface area contributed by atoms with E-state index in [1.165, 1.54) is 12.8 Å². The van der Waals surface area contributed by atoms with Crippen LogP contribution in [0.3, 0.4) is 0 Å². The van der Waals surface area contributed by atoms with E-state index in [0.29, 0.717) is 11.9 Å². The minimum Gasteiger partial charge on any atom is -0.507 e. The Kier molecular flexibility index (Phi) is 9.45. The predicted octanol–water partition coefficient (Wildman–Crippen LogP) is 6.49. The zero-order valence-corrected chi connectivity index (χ0v) is 22.1. The van der Waals surface area contributed by atoms with Gasteiger partial charge in [-0.05, 0) is 62.1 Å². The molecule has 0 saturated carbocycles. The molecule has 8 heteroatoms. The lowest BCUT2D eigenvalue weighted by Gasteiger charge is -2.10. The molecular formula is C30H36N6O2. The fraction of sp³-hybridized carbons (Fsp3) is 0.333. The lowest BCUT2D eigenvalue weighted by atomic mass is 10.1. The second kappa shape index (κ2) is 13.4. The molecule has 2 heterocycles. The molecule has 4 aromatic rings. The van der Waals surface area contributed by atoms with E-state index in [0.717, 1.165) is 72.4 Å². The molecule has 38 heavy (non-hydrogen) atoms. The highest BCUT2D eigenvalue weighted by atomic mass is 16.3. The monoisotopic (exact) mass is 512 g/mol. The van der Waals surface area contributed by atoms with E-state index in [4.69, 9.17) is 0 Å². The number of aromatic nitrogens is 4. The van der Waals surface area contributed by atoms with Crippen LogP contribution in [0.15, 0.2) is 60.9 Å². The number of unbranched alkanes of at least 4 members (excludes halogenated alkanes) is 5. The molecule has 0 bridgehead atoms. The second-order valence-corrected chi connectivity index (χ2v) is 9.46. The van der Waals surface area contributed by atoms with Crippen molar-refractivity contribution >= 4 is 11.9 Å². The molecule has 4 N–H and O–H groups in total. The first-order chi connectivity index (χ1) is 18.5. The third-order valence-electron chi connectivity index (χ3n) is 6.43. The first-order valence-corrected chi connectivity index (χ1v) is 13.2. The minimum absolute atomic E-state index is 0.221. The van der Waals surface area contributed by atoms with Crippen LogP contribution in [-0.4, -0.2) is 43.2 Å². The summed E-state index contributed by atoms with van der Waals surface area (Å²) in [5.41, 5.74) is 4.79. The van der Waals surface area contributed by atoms with E-state index in [1.807, 2.05) is 38.1 Å². The van der Waals surface area contributed by atoms with E-state index in [-0.39, 0.29) is 11.5 Å². The van der Waals surface area contributed by atoms with Crippen LogP contribution in [0, 0.1) is 13.8 Å². The molecule has 0 aliphatic carbocycles. The van der Waals surface area contributed by atoms with E-state index in [1.54, 1.807) is 36.7 Å². The normalized spacial score (nSPS) is 10.9. The Balaban J connectivity index is 1.12. The maximum Gasteiger partial charge on any atom is 0.223 e. The van der Waals surface area contributed by atoms with Crippen molar-refractivity contribution in [3.05, 3.63) is 72.1 Å². The van der Waals surface area contributed by atoms with Crippen LogP contribution in [0.2, 0.25) is 0 Å². The summed E-state index contributed by atoms with van der Waals surface area (Å²) < 4.78 is 0. The number of aryl methyl sites for hydroxylation is 2. The Morgan fingerprint density at radius 1 is 0.579 bits per heavy atom. The fourth-order valence-electron chi connectivity index (χ4n) is 4.31. The Bertz CT molecular complexity index is 1240. The highest BCUT2D eigenvalue weighted by Crippen LogP contribution is 2.30. The molecule has 4 rings (SSSR count). The predicted molar refractivity (Wildman–Crippen MR) is 152 cm³/mol. The van der Waals surface area contributed by atoms with Gasteiger partial charge in [0.2, 0.25) is 11.9 Å². The first kappa shape index (κ1) is 26.9. The summed E-state index contributed by atoms with van der Waals surface area (Å²) >= 11 is 0. The number of anilines is 2. The summed E-state index contributed by atoms with van der Waals surface area (Å²) in [5, 5.41) is 26.9. The van der Waals surface area contributed by atoms with Crippen LogP contribution in [0.4, 0.5) is 11.9 Å². The Morgan fingerprint density at radius 2 is 0.974 bits per heavy atom. The summed E-state index contributed by atoms with van der Waals surface area (Å²) in [4.78, 5) is 18.0. The van der Waals surface area contributed by atoms with E-state index in [2.05, 4.69) is 30.6 Å². The largest absolute Gasteiger partial charge is 0.507 e. The Hall–Kier alpha value is -4.20. The number of phenols is 2. The third kappa shape index (κ3) is 7.18. The van der Waals surface area contributed by atoms with Gasteiger partial charge in [0.1, 0.15) is 11.5 Å². The van der Waals surface area contributed by atoms with E-state index >= 15 is 0 Å². The van der Waals surface area contributed by atoms with Gasteiger partial charge in [-0.25, -0.2) is 19.9 Å². The first-order valence-electron chi connectivity index (χ1n) is 13.2. The molecule has 8 nitrogen and oxygen atoms in total. The number of para-hydroxylation sites is 2. The summed E-state index contributed by atoms with van der Waals surface area (Å²) in [7, 11) is 0. The Morgan fingerprint density at radius 3 is 1.39 bits per heavy atom. The van der Waals surface area contributed by atoms with Crippen molar-refractivity contribution in [1.29, 1.82) is 0 Å². The van der Waals surface area contributed by atoms with Gasteiger partial charge in [0, 0.05) is 36.6 Å². The number of hydrogen-bond acceptors (Lipinski definition) is 8. The van der Waals surface area contributed by atoms with Crippen molar-refractivity contribution in [1.82, 2.24) is 19.9 Å². The lowest BCUT2D eigenvalue weighted by molar-refractivity contribution is 0.476. The quantitative estimate of drug-likeness (QED) is 0.150. The summed E-state index contributed by atoms with van der Waals surface area (Å²) in [6.45, 7) is 5.52. The van der Waals surface area contributed by atoms with Crippen molar-refractivity contribution in [3.8, 4) is 34.0 Å². The van der Waals surface area contributed by atoms with Gasteiger partial charge in [-0.3, -0.25) is 0 Å². The van der Waals surface area contributed by atoms with Gasteiger partial charge in [0.15, 0.2) is 0 Å². The lowest BCUT2D eigenvalue weighted by Crippen LogP contribution is -2.07. The summed E-state index contributed by atoms with van der Waals surface area (Å²) in [5.74, 6) is 1.62. The molecule has 0 fully saturated rings. The summed E-state index contributed by atoms with van der Waals surface area (Å²) in [6, 6.07) is 14.5. The van der Waals surface area contributed by atoms with Gasteiger partial charge in [-0.1, -0.05) is 49.9 Å². The van der Waals surface area contributed by atoms with Crippen molar-refractivity contribution in [2.45, 2.75) is 52.4 Å². The average Bonchev–Trinajstić information content (AvgIpc) is 2.92. The van der Waals surface area contributed by atoms with Crippen LogP contribution >= 0.6 is 0 Å². The molecule has 0 amide bonds. The van der Waals surface area contributed by atoms with Gasteiger partial charge in [-0.2, -0.15) is 0 Å². The number of benzene rings is 2. The van der Waals surface area contributed by atoms with Crippen molar-refractivity contribution in [2.24, 2.45) is 0 Å². The molecule has 0 saturated heterocycles. The smallest absolute Gasteiger partial charge is 0.223 e. The zero-order chi connectivity index (χ0) is 26.7. The third-order valence-corrected chi connectivity index (χ3v) is 6.43. The molecular weight excluding hydrogens is 476 g/mol. The number of nitrogens with zero attached hydrogens (tertiary/aromatic N) is 4. The van der Waals surface area contributed by atoms with Gasteiger partial charge in [0.25, 0.3) is 0 Å². The van der Waals surface area contributed by atoms with Gasteiger partial charge >= 0.3 is 0 Å². The van der Waals surface area contributed by atoms with Crippen LogP contribution < -0.4 is 10.6 Å². The number of aromatic hydroxyl groups is 2. The summed E-state index contributed by atoms with van der Waals surface area (Å²) in [6.07, 6.45) is 10.3. The van der Waals surface area contributed by atoms with Crippen molar-refractivity contribution in [3.63, 3.8) is 0 Å². The SMILES string of the molecule is Cc1cnc(NCCCCCCCCNc2ncc(C)c(-c3ccccc3O)n2)nc1-c1ccccc1O. The molecule has 2 aromatic heterocycles. The molecule has 0 aliphatic heterocycles. The molecule has 0 atom stereocenters. The van der Waals surface area contributed by atoms with Gasteiger partial charge < -0.3 is 20.8 Å². The topological polar surface area (TPSA) is 116 Å². The van der Waals surface area contributed by atoms with E-state index < -0.39 is 0 Å². The zero-order valence-electron chi connectivity index (χ0n) is 22.1. The number of phenolic OH excluding ortho intramolecular Hbond substituents is 2. The van der Waals surface area contributed by atoms with Crippen LogP contribution in [-0.2, 0) is 0 Å². The molecule has 0 spiro atoms. The Labute approximate surface area is 224 Å². The van der Waals surface area contributed by atoms with Crippen LogP contribution in [0.1, 0.15) is 49.7 Å². The second-order valence-electron chi connectivity index (χ2n) is 9.46. The molecule has 0 radical (unpaired) electrons.